The first-order valence-electron chi connectivity index (χ1n) is 6.27. The third-order valence-electron chi connectivity index (χ3n) is 2.91. The van der Waals surface area contributed by atoms with Crippen molar-refractivity contribution < 1.29 is 9.53 Å². The number of rotatable bonds is 4. The molecule has 0 bridgehead atoms. The molecule has 0 atom stereocenters. The molecule has 0 aliphatic heterocycles. The molecule has 0 aliphatic rings. The predicted molar refractivity (Wildman–Crippen MR) is 76.7 cm³/mol. The van der Waals surface area contributed by atoms with Crippen LogP contribution in [0.3, 0.4) is 0 Å². The molecule has 0 spiro atoms. The van der Waals surface area contributed by atoms with Crippen LogP contribution in [0.5, 0.6) is 5.75 Å². The van der Waals surface area contributed by atoms with E-state index in [0.29, 0.717) is 11.5 Å². The Morgan fingerprint density at radius 2 is 2.05 bits per heavy atom. The molecule has 3 aromatic rings. The number of hydrogen-bond acceptors (Lipinski definition) is 4. The molecule has 2 aromatic heterocycles. The van der Waals surface area contributed by atoms with Crippen molar-refractivity contribution in [3.05, 3.63) is 54.5 Å². The maximum absolute atomic E-state index is 12.0. The van der Waals surface area contributed by atoms with Crippen LogP contribution < -0.4 is 10.1 Å². The van der Waals surface area contributed by atoms with E-state index < -0.39 is 0 Å². The van der Waals surface area contributed by atoms with Crippen molar-refractivity contribution >= 4 is 11.7 Å². The minimum Gasteiger partial charge on any atom is -0.497 e. The molecule has 1 aromatic carbocycles. The molecular weight excluding hydrogens is 270 g/mol. The highest BCUT2D eigenvalue weighted by Gasteiger charge is 2.11. The Bertz CT molecular complexity index is 731. The molecule has 2 heterocycles. The van der Waals surface area contributed by atoms with Crippen LogP contribution in [0, 0.1) is 0 Å². The lowest BCUT2D eigenvalue weighted by molar-refractivity contribution is 0.102. The van der Waals surface area contributed by atoms with Gasteiger partial charge in [0.05, 0.1) is 19.0 Å². The third-order valence-corrected chi connectivity index (χ3v) is 2.91. The molecule has 21 heavy (non-hydrogen) atoms. The van der Waals surface area contributed by atoms with E-state index in [1.807, 2.05) is 24.3 Å². The first-order valence-corrected chi connectivity index (χ1v) is 6.27. The number of aromatic nitrogens is 4. The second kappa shape index (κ2) is 5.49. The average molecular weight is 283 g/mol. The largest absolute Gasteiger partial charge is 0.497 e. The predicted octanol–water partition coefficient (Wildman–Crippen LogP) is 1.86. The zero-order chi connectivity index (χ0) is 14.7. The molecule has 0 saturated carbocycles. The smallest absolute Gasteiger partial charge is 0.277 e. The summed E-state index contributed by atoms with van der Waals surface area (Å²) >= 11 is 0. The highest BCUT2D eigenvalue weighted by Crippen LogP contribution is 2.14. The summed E-state index contributed by atoms with van der Waals surface area (Å²) in [5, 5.41) is 13.3. The third kappa shape index (κ3) is 2.76. The van der Waals surface area contributed by atoms with E-state index in [1.165, 1.54) is 0 Å². The Labute approximate surface area is 120 Å². The molecule has 0 saturated heterocycles. The Morgan fingerprint density at radius 3 is 2.71 bits per heavy atom. The Kier molecular flexibility index (Phi) is 3.38. The van der Waals surface area contributed by atoms with Crippen LogP contribution in [0.2, 0.25) is 0 Å². The van der Waals surface area contributed by atoms with E-state index in [0.717, 1.165) is 11.4 Å². The second-order valence-corrected chi connectivity index (χ2v) is 4.27. The van der Waals surface area contributed by atoms with Gasteiger partial charge in [-0.15, -0.1) is 0 Å². The van der Waals surface area contributed by atoms with Crippen molar-refractivity contribution in [2.75, 3.05) is 12.4 Å². The molecule has 106 valence electrons. The van der Waals surface area contributed by atoms with E-state index in [-0.39, 0.29) is 5.91 Å². The topological polar surface area (TPSA) is 84.8 Å². The summed E-state index contributed by atoms with van der Waals surface area (Å²) in [6.45, 7) is 0. The number of nitrogens with one attached hydrogen (secondary N) is 2. The Morgan fingerprint density at radius 1 is 1.24 bits per heavy atom. The SMILES string of the molecule is COc1ccc(-n2ccc(C(=O)Nc3ccn[nH]3)n2)cc1. The number of nitrogens with zero attached hydrogens (tertiary/aromatic N) is 3. The first-order chi connectivity index (χ1) is 10.3. The summed E-state index contributed by atoms with van der Waals surface area (Å²) in [6, 6.07) is 10.7. The van der Waals surface area contributed by atoms with E-state index in [4.69, 9.17) is 4.74 Å². The highest BCUT2D eigenvalue weighted by molar-refractivity contribution is 6.02. The van der Waals surface area contributed by atoms with Gasteiger partial charge in [-0.2, -0.15) is 10.2 Å². The molecule has 0 aliphatic carbocycles. The summed E-state index contributed by atoms with van der Waals surface area (Å²) in [6.07, 6.45) is 3.29. The number of methoxy groups -OCH3 is 1. The van der Waals surface area contributed by atoms with Crippen LogP contribution in [-0.2, 0) is 0 Å². The van der Waals surface area contributed by atoms with Gasteiger partial charge in [-0.3, -0.25) is 9.89 Å². The van der Waals surface area contributed by atoms with Crippen LogP contribution in [0.1, 0.15) is 10.5 Å². The number of benzene rings is 1. The molecule has 7 nitrogen and oxygen atoms in total. The molecule has 3 rings (SSSR count). The van der Waals surface area contributed by atoms with Crippen LogP contribution in [0.15, 0.2) is 48.8 Å². The lowest BCUT2D eigenvalue weighted by atomic mass is 10.3. The number of carbonyl (C=O) groups is 1. The van der Waals surface area contributed by atoms with Crippen molar-refractivity contribution in [3.63, 3.8) is 0 Å². The molecule has 1 amide bonds. The molecular formula is C14H13N5O2. The minimum atomic E-state index is -0.300. The molecule has 7 heteroatoms. The van der Waals surface area contributed by atoms with Gasteiger partial charge in [0, 0.05) is 12.3 Å². The zero-order valence-corrected chi connectivity index (χ0v) is 11.3. The van der Waals surface area contributed by atoms with Gasteiger partial charge >= 0.3 is 0 Å². The van der Waals surface area contributed by atoms with E-state index >= 15 is 0 Å². The second-order valence-electron chi connectivity index (χ2n) is 4.27. The maximum atomic E-state index is 12.0. The van der Waals surface area contributed by atoms with Crippen molar-refractivity contribution in [2.45, 2.75) is 0 Å². The fourth-order valence-corrected chi connectivity index (χ4v) is 1.84. The van der Waals surface area contributed by atoms with Crippen LogP contribution in [-0.4, -0.2) is 33.0 Å². The van der Waals surface area contributed by atoms with Gasteiger partial charge in [-0.05, 0) is 30.3 Å². The fourth-order valence-electron chi connectivity index (χ4n) is 1.84. The number of hydrogen-bond donors (Lipinski definition) is 2. The maximum Gasteiger partial charge on any atom is 0.277 e. The van der Waals surface area contributed by atoms with Crippen molar-refractivity contribution in [1.82, 2.24) is 20.0 Å². The quantitative estimate of drug-likeness (QED) is 0.765. The zero-order valence-electron chi connectivity index (χ0n) is 11.3. The Balaban J connectivity index is 1.77. The van der Waals surface area contributed by atoms with Crippen LogP contribution in [0.4, 0.5) is 5.82 Å². The van der Waals surface area contributed by atoms with Crippen LogP contribution >= 0.6 is 0 Å². The van der Waals surface area contributed by atoms with Gasteiger partial charge in [0.15, 0.2) is 5.69 Å². The lowest BCUT2D eigenvalue weighted by Crippen LogP contribution is -2.13. The van der Waals surface area contributed by atoms with Crippen molar-refractivity contribution in [1.29, 1.82) is 0 Å². The first kappa shape index (κ1) is 12.9. The van der Waals surface area contributed by atoms with Gasteiger partial charge in [0.25, 0.3) is 5.91 Å². The van der Waals surface area contributed by atoms with Gasteiger partial charge < -0.3 is 10.1 Å². The Hall–Kier alpha value is -3.09. The monoisotopic (exact) mass is 283 g/mol. The normalized spacial score (nSPS) is 10.3. The molecule has 2 N–H and O–H groups in total. The summed E-state index contributed by atoms with van der Waals surface area (Å²) in [4.78, 5) is 12.0. The van der Waals surface area contributed by atoms with E-state index in [1.54, 1.807) is 36.3 Å². The van der Waals surface area contributed by atoms with Crippen molar-refractivity contribution in [3.8, 4) is 11.4 Å². The van der Waals surface area contributed by atoms with E-state index in [2.05, 4.69) is 20.6 Å². The molecule has 0 unspecified atom stereocenters. The number of amides is 1. The number of ether oxygens (including phenoxy) is 1. The standard InChI is InChI=1S/C14H13N5O2/c1-21-11-4-2-10(3-5-11)19-9-7-12(18-19)14(20)16-13-6-8-15-17-13/h2-9H,1H3,(H2,15,16,17,20). The number of aromatic amines is 1. The summed E-state index contributed by atoms with van der Waals surface area (Å²) < 4.78 is 6.73. The highest BCUT2D eigenvalue weighted by atomic mass is 16.5. The van der Waals surface area contributed by atoms with Crippen molar-refractivity contribution in [2.24, 2.45) is 0 Å². The minimum absolute atomic E-state index is 0.300. The number of carbonyl (C=O) groups excluding carboxylic acids is 1. The summed E-state index contributed by atoms with van der Waals surface area (Å²) in [5.74, 6) is 0.994. The molecule has 0 radical (unpaired) electrons. The average Bonchev–Trinajstić information content (AvgIpc) is 3.18. The summed E-state index contributed by atoms with van der Waals surface area (Å²) in [7, 11) is 1.61. The summed E-state index contributed by atoms with van der Waals surface area (Å²) in [5.41, 5.74) is 1.16. The molecule has 0 fully saturated rings. The van der Waals surface area contributed by atoms with Gasteiger partial charge in [0.2, 0.25) is 0 Å². The van der Waals surface area contributed by atoms with Gasteiger partial charge in [-0.25, -0.2) is 4.68 Å². The van der Waals surface area contributed by atoms with E-state index in [9.17, 15) is 4.79 Å². The number of anilines is 1. The lowest BCUT2D eigenvalue weighted by Gasteiger charge is -2.03. The van der Waals surface area contributed by atoms with Gasteiger partial charge in [-0.1, -0.05) is 0 Å². The fraction of sp³-hybridized carbons (Fsp3) is 0.0714. The number of H-pyrrole nitrogens is 1. The van der Waals surface area contributed by atoms with Gasteiger partial charge in [0.1, 0.15) is 11.6 Å². The van der Waals surface area contributed by atoms with Crippen LogP contribution in [0.25, 0.3) is 5.69 Å².